The van der Waals surface area contributed by atoms with Crippen molar-refractivity contribution in [1.82, 2.24) is 44.1 Å². The van der Waals surface area contributed by atoms with E-state index in [1.165, 1.54) is 10.9 Å². The van der Waals surface area contributed by atoms with Gasteiger partial charge in [-0.15, -0.1) is 0 Å². The van der Waals surface area contributed by atoms with Crippen LogP contribution in [0.15, 0.2) is 86.0 Å². The van der Waals surface area contributed by atoms with Crippen molar-refractivity contribution in [3.63, 3.8) is 0 Å². The zero-order valence-electron chi connectivity index (χ0n) is 35.3. The molecule has 24 nitrogen and oxygen atoms in total. The summed E-state index contributed by atoms with van der Waals surface area (Å²) in [7, 11) is -4.77. The molecule has 6 aromatic rings. The van der Waals surface area contributed by atoms with Gasteiger partial charge in [0.25, 0.3) is 11.8 Å². The SMILES string of the molecule is N#CCCOC(=O)O[C@H]1[C@@H](F)[C@H](n2cnc3c(NC(=O)c4ccccc4)ncnc32)O[C@@H]1CNP(=O)(OCCC#N)O[C@H]1[C@@H](F)[C@H](n2cnc3c(NC(=O)c4ccccc4)ncnc32)O[C@@H]1CN. The first kappa shape index (κ1) is 47.1. The van der Waals surface area contributed by atoms with Gasteiger partial charge in [-0.05, 0) is 24.3 Å². The quantitative estimate of drug-likeness (QED) is 0.0536. The van der Waals surface area contributed by atoms with Gasteiger partial charge < -0.3 is 35.3 Å². The van der Waals surface area contributed by atoms with E-state index in [2.05, 4.69) is 45.6 Å². The van der Waals surface area contributed by atoms with Gasteiger partial charge in [-0.25, -0.2) is 53.1 Å². The number of carbonyl (C=O) groups excluding carboxylic acids is 3. The van der Waals surface area contributed by atoms with Crippen molar-refractivity contribution in [3.05, 3.63) is 97.1 Å². The molecule has 9 atom stereocenters. The van der Waals surface area contributed by atoms with E-state index in [0.29, 0.717) is 11.1 Å². The summed E-state index contributed by atoms with van der Waals surface area (Å²) in [5, 5.41) is 26.0. The molecular weight excluding hydrogens is 918 g/mol. The van der Waals surface area contributed by atoms with E-state index in [0.717, 1.165) is 23.5 Å². The average molecular weight is 957 g/mol. The number of rotatable bonds is 18. The number of amides is 2. The van der Waals surface area contributed by atoms with E-state index in [1.54, 1.807) is 66.7 Å². The van der Waals surface area contributed by atoms with E-state index >= 15 is 8.78 Å². The number of carbonyl (C=O) groups is 3. The molecule has 2 saturated heterocycles. The van der Waals surface area contributed by atoms with Crippen molar-refractivity contribution in [2.45, 2.75) is 62.1 Å². The summed E-state index contributed by atoms with van der Waals surface area (Å²) in [4.78, 5) is 63.9. The van der Waals surface area contributed by atoms with Crippen LogP contribution in [0.2, 0.25) is 0 Å². The van der Waals surface area contributed by atoms with Gasteiger partial charge in [0.1, 0.15) is 37.6 Å². The molecule has 0 radical (unpaired) electrons. The number of alkyl halides is 2. The molecule has 27 heteroatoms. The minimum atomic E-state index is -4.77. The maximum absolute atomic E-state index is 16.7. The molecule has 2 fully saturated rings. The van der Waals surface area contributed by atoms with Crippen LogP contribution in [0.3, 0.4) is 0 Å². The number of benzene rings is 2. The number of imidazole rings is 2. The lowest BCUT2D eigenvalue weighted by Gasteiger charge is -2.27. The lowest BCUT2D eigenvalue weighted by molar-refractivity contribution is -0.0324. The second-order valence-electron chi connectivity index (χ2n) is 14.7. The van der Waals surface area contributed by atoms with Crippen molar-refractivity contribution < 1.29 is 55.7 Å². The van der Waals surface area contributed by atoms with Gasteiger partial charge in [0.2, 0.25) is 0 Å². The molecule has 0 bridgehead atoms. The van der Waals surface area contributed by atoms with Crippen LogP contribution in [0.1, 0.15) is 46.0 Å². The maximum Gasteiger partial charge on any atom is 0.508 e. The van der Waals surface area contributed by atoms with E-state index < -0.39 is 88.1 Å². The third-order valence-corrected chi connectivity index (χ3v) is 12.1. The molecule has 352 valence electrons. The van der Waals surface area contributed by atoms with Crippen molar-refractivity contribution >= 4 is 59.7 Å². The highest BCUT2D eigenvalue weighted by Gasteiger charge is 2.53. The molecule has 1 unspecified atom stereocenters. The van der Waals surface area contributed by atoms with Crippen LogP contribution in [0.4, 0.5) is 25.2 Å². The molecule has 2 aliphatic heterocycles. The van der Waals surface area contributed by atoms with Crippen molar-refractivity contribution in [1.29, 1.82) is 10.5 Å². The lowest BCUT2D eigenvalue weighted by Crippen LogP contribution is -2.41. The van der Waals surface area contributed by atoms with Crippen LogP contribution in [0.5, 0.6) is 0 Å². The number of ether oxygens (including phenoxy) is 4. The molecule has 0 aliphatic carbocycles. The Morgan fingerprint density at radius 1 is 0.735 bits per heavy atom. The summed E-state index contributed by atoms with van der Waals surface area (Å²) in [6.07, 6.45) is -11.1. The molecule has 4 aromatic heterocycles. The van der Waals surface area contributed by atoms with Gasteiger partial charge in [0, 0.05) is 24.2 Å². The number of aromatic nitrogens is 8. The summed E-state index contributed by atoms with van der Waals surface area (Å²) in [6.45, 7) is -1.90. The van der Waals surface area contributed by atoms with Gasteiger partial charge in [0.15, 0.2) is 64.9 Å². The first-order valence-electron chi connectivity index (χ1n) is 20.6. The number of nitrogens with zero attached hydrogens (tertiary/aromatic N) is 10. The fraction of sp³-hybridized carbons (Fsp3) is 0.341. The normalized spacial score (nSPS) is 23.1. The predicted octanol–water partition coefficient (Wildman–Crippen LogP) is 4.05. The van der Waals surface area contributed by atoms with Gasteiger partial charge in [0.05, 0.1) is 44.2 Å². The Morgan fingerprint density at radius 2 is 1.25 bits per heavy atom. The number of nitrogens with two attached hydrogens (primary N) is 1. The Kier molecular flexibility index (Phi) is 14.6. The van der Waals surface area contributed by atoms with Crippen LogP contribution < -0.4 is 21.5 Å². The van der Waals surface area contributed by atoms with Crippen molar-refractivity contribution in [3.8, 4) is 12.1 Å². The summed E-state index contributed by atoms with van der Waals surface area (Å²) in [6, 6.07) is 20.2. The number of fused-ring (bicyclic) bond motifs is 2. The van der Waals surface area contributed by atoms with Crippen LogP contribution in [0.25, 0.3) is 22.3 Å². The monoisotopic (exact) mass is 956 g/mol. The van der Waals surface area contributed by atoms with Crippen LogP contribution in [0, 0.1) is 22.7 Å². The van der Waals surface area contributed by atoms with Crippen molar-refractivity contribution in [2.24, 2.45) is 5.73 Å². The summed E-state index contributed by atoms with van der Waals surface area (Å²) in [5.74, 6) is -0.992. The second-order valence-corrected chi connectivity index (χ2v) is 16.5. The molecule has 2 amide bonds. The first-order valence-corrected chi connectivity index (χ1v) is 22.2. The third kappa shape index (κ3) is 10.1. The first-order chi connectivity index (χ1) is 33.0. The average Bonchev–Trinajstić information content (AvgIpc) is 4.13. The highest BCUT2D eigenvalue weighted by molar-refractivity contribution is 7.51. The standard InChI is InChI=1S/C41H39F2N14O10P/c42-27-31(66-41(60)62-15-7-13-44)26(65-39(27)56-21-51-29-33(47-19-49-35(29)56)54-37(58)23-9-3-1-4-10-23)18-53-68(61,63-16-8-14-45)67-32-25(17-46)64-40(28(32)43)57-22-52-30-34(48-20-50-36(30)57)55-38(59)24-11-5-2-6-12-24/h1-6,9-12,19-22,25-28,31-32,39-40H,7-8,15-18,46H2,(H,53,61)(H,47,49,54,58)(H,48,50,55,59)/t25-,26-,27-,28-,31-,32-,39-,40-,68?/m1/s1. The Balaban J connectivity index is 1.02. The topological polar surface area (TPSA) is 321 Å². The fourth-order valence-electron chi connectivity index (χ4n) is 7.27. The molecule has 6 heterocycles. The smallest absolute Gasteiger partial charge is 0.433 e. The summed E-state index contributed by atoms with van der Waals surface area (Å²) >= 11 is 0. The molecule has 8 rings (SSSR count). The minimum Gasteiger partial charge on any atom is -0.433 e. The fourth-order valence-corrected chi connectivity index (χ4v) is 8.80. The summed E-state index contributed by atoms with van der Waals surface area (Å²) in [5.41, 5.74) is 6.85. The Labute approximate surface area is 383 Å². The number of hydrogen-bond acceptors (Lipinski definition) is 19. The number of anilines is 2. The predicted molar refractivity (Wildman–Crippen MR) is 229 cm³/mol. The lowest BCUT2D eigenvalue weighted by atomic mass is 10.1. The maximum atomic E-state index is 16.7. The largest absolute Gasteiger partial charge is 0.508 e. The van der Waals surface area contributed by atoms with E-state index in [9.17, 15) is 24.2 Å². The van der Waals surface area contributed by atoms with E-state index in [1.807, 2.05) is 6.07 Å². The molecule has 5 N–H and O–H groups in total. The van der Waals surface area contributed by atoms with Crippen LogP contribution in [-0.4, -0.2) is 120 Å². The minimum absolute atomic E-state index is 0.00305. The van der Waals surface area contributed by atoms with Gasteiger partial charge >= 0.3 is 13.9 Å². The van der Waals surface area contributed by atoms with Crippen LogP contribution >= 0.6 is 7.75 Å². The molecule has 2 aromatic carbocycles. The number of nitriles is 2. The van der Waals surface area contributed by atoms with E-state index in [-0.39, 0.29) is 60.0 Å². The number of halogens is 2. The second kappa shape index (κ2) is 21.0. The number of hydrogen-bond donors (Lipinski definition) is 4. The Morgan fingerprint density at radius 3 is 1.78 bits per heavy atom. The Hall–Kier alpha value is -7.42. The van der Waals surface area contributed by atoms with Gasteiger partial charge in [-0.1, -0.05) is 36.4 Å². The van der Waals surface area contributed by atoms with E-state index in [4.69, 9.17) is 39.0 Å². The molecular formula is C41H39F2N14O10P. The molecule has 0 spiro atoms. The van der Waals surface area contributed by atoms with Crippen molar-refractivity contribution in [2.75, 3.05) is 36.9 Å². The molecule has 2 aliphatic rings. The highest BCUT2D eigenvalue weighted by atomic mass is 31.2. The molecule has 0 saturated carbocycles. The van der Waals surface area contributed by atoms with Gasteiger partial charge in [-0.2, -0.15) is 10.5 Å². The summed E-state index contributed by atoms with van der Waals surface area (Å²) < 4.78 is 84.1. The highest BCUT2D eigenvalue weighted by Crippen LogP contribution is 2.50. The van der Waals surface area contributed by atoms with Gasteiger partial charge in [-0.3, -0.25) is 27.8 Å². The Bertz CT molecular complexity index is 2900. The molecule has 68 heavy (non-hydrogen) atoms. The van der Waals surface area contributed by atoms with Crippen LogP contribution in [-0.2, 0) is 32.6 Å². The third-order valence-electron chi connectivity index (χ3n) is 10.5. The zero-order valence-corrected chi connectivity index (χ0v) is 36.2. The zero-order chi connectivity index (χ0) is 47.8. The number of nitrogens with one attached hydrogen (secondary N) is 3.